The van der Waals surface area contributed by atoms with Crippen molar-refractivity contribution >= 4 is 23.1 Å². The molecule has 1 unspecified atom stereocenters. The Morgan fingerprint density at radius 3 is 2.60 bits per heavy atom. The van der Waals surface area contributed by atoms with E-state index in [2.05, 4.69) is 25.5 Å². The van der Waals surface area contributed by atoms with Crippen LogP contribution in [0.4, 0.5) is 34.8 Å². The summed E-state index contributed by atoms with van der Waals surface area (Å²) in [6.45, 7) is 1.55. The molecule has 224 valence electrons. The van der Waals surface area contributed by atoms with Crippen LogP contribution >= 0.6 is 0 Å². The van der Waals surface area contributed by atoms with Crippen LogP contribution in [0.5, 0.6) is 11.6 Å². The fraction of sp³-hybridized carbons (Fsp3) is 0.258. The van der Waals surface area contributed by atoms with Gasteiger partial charge in [-0.2, -0.15) is 13.2 Å². The molecule has 1 atom stereocenters. The lowest BCUT2D eigenvalue weighted by Crippen LogP contribution is -2.34. The largest absolute Gasteiger partial charge is 0.438 e. The number of ether oxygens (including phenoxy) is 1. The van der Waals surface area contributed by atoms with Gasteiger partial charge in [-0.25, -0.2) is 14.4 Å². The number of alkyl halides is 3. The fourth-order valence-corrected chi connectivity index (χ4v) is 5.01. The van der Waals surface area contributed by atoms with Crippen LogP contribution < -0.4 is 20.3 Å². The van der Waals surface area contributed by atoms with Gasteiger partial charge in [0.2, 0.25) is 5.88 Å². The second kappa shape index (κ2) is 12.3. The van der Waals surface area contributed by atoms with Crippen LogP contribution in [0.3, 0.4) is 0 Å². The fourth-order valence-electron chi connectivity index (χ4n) is 5.01. The van der Waals surface area contributed by atoms with E-state index in [0.29, 0.717) is 23.6 Å². The van der Waals surface area contributed by atoms with Gasteiger partial charge in [0.15, 0.2) is 0 Å². The van der Waals surface area contributed by atoms with E-state index in [0.717, 1.165) is 36.7 Å². The van der Waals surface area contributed by atoms with Crippen molar-refractivity contribution in [1.82, 2.24) is 14.9 Å². The van der Waals surface area contributed by atoms with E-state index in [1.54, 1.807) is 44.6 Å². The van der Waals surface area contributed by atoms with Crippen LogP contribution in [0.2, 0.25) is 0 Å². The predicted molar refractivity (Wildman–Crippen MR) is 157 cm³/mol. The van der Waals surface area contributed by atoms with Crippen molar-refractivity contribution in [1.29, 1.82) is 0 Å². The predicted octanol–water partition coefficient (Wildman–Crippen LogP) is 6.53. The summed E-state index contributed by atoms with van der Waals surface area (Å²) in [5.41, 5.74) is 0.380. The Morgan fingerprint density at radius 1 is 1.07 bits per heavy atom. The van der Waals surface area contributed by atoms with Gasteiger partial charge < -0.3 is 25.2 Å². The van der Waals surface area contributed by atoms with Gasteiger partial charge >= 0.3 is 6.18 Å². The lowest BCUT2D eigenvalue weighted by atomic mass is 10.1. The highest BCUT2D eigenvalue weighted by atomic mass is 19.4. The van der Waals surface area contributed by atoms with E-state index in [9.17, 15) is 22.4 Å². The molecule has 3 heterocycles. The third kappa shape index (κ3) is 6.69. The number of hydrogen-bond acceptors (Lipinski definition) is 7. The standard InChI is InChI=1S/C31H30F4N6O2/c1-36-28-15-19(10-13-37-28)23-5-4-12-38-30(23)43-22-7-8-25(32)24(17-22)29(42)39-26-16-20(31(33,34)35)6-9-27(26)41(3)21-11-14-40(2)18-21/h4-10,12-13,15-17,21H,11,14,18H2,1-3H3,(H,36,37)(H,39,42). The molecule has 1 aliphatic heterocycles. The Hall–Kier alpha value is -4.71. The molecule has 12 heteroatoms. The molecule has 2 N–H and O–H groups in total. The van der Waals surface area contributed by atoms with E-state index >= 15 is 0 Å². The molecule has 0 saturated carbocycles. The van der Waals surface area contributed by atoms with Gasteiger partial charge in [0.25, 0.3) is 5.91 Å². The number of halogens is 4. The number of carbonyl (C=O) groups excluding carboxylic acids is 1. The number of nitrogens with one attached hydrogen (secondary N) is 2. The number of likely N-dealkylation sites (N-methyl/N-ethyl adjacent to an activating group) is 2. The first-order valence-electron chi connectivity index (χ1n) is 13.5. The lowest BCUT2D eigenvalue weighted by Gasteiger charge is -2.29. The van der Waals surface area contributed by atoms with Crippen molar-refractivity contribution in [2.75, 3.05) is 49.8 Å². The topological polar surface area (TPSA) is 82.6 Å². The Kier molecular flexibility index (Phi) is 8.49. The molecule has 0 radical (unpaired) electrons. The number of aromatic nitrogens is 2. The smallest absolute Gasteiger partial charge is 0.416 e. The quantitative estimate of drug-likeness (QED) is 0.225. The Morgan fingerprint density at radius 2 is 1.88 bits per heavy atom. The van der Waals surface area contributed by atoms with E-state index in [4.69, 9.17) is 4.74 Å². The number of anilines is 3. The lowest BCUT2D eigenvalue weighted by molar-refractivity contribution is -0.137. The Bertz CT molecular complexity index is 1630. The first-order valence-corrected chi connectivity index (χ1v) is 13.5. The number of hydrogen-bond donors (Lipinski definition) is 2. The van der Waals surface area contributed by atoms with Gasteiger partial charge in [0.1, 0.15) is 17.4 Å². The number of likely N-dealkylation sites (tertiary alicyclic amines) is 1. The minimum absolute atomic E-state index is 0.0306. The van der Waals surface area contributed by atoms with Gasteiger partial charge in [-0.1, -0.05) is 0 Å². The third-order valence-corrected chi connectivity index (χ3v) is 7.36. The second-order valence-electron chi connectivity index (χ2n) is 10.3. The summed E-state index contributed by atoms with van der Waals surface area (Å²) in [5, 5.41) is 5.48. The van der Waals surface area contributed by atoms with Crippen molar-refractivity contribution in [3.05, 3.63) is 90.0 Å². The average Bonchev–Trinajstić information content (AvgIpc) is 3.43. The van der Waals surface area contributed by atoms with Gasteiger partial charge in [-0.3, -0.25) is 4.79 Å². The molecule has 8 nitrogen and oxygen atoms in total. The van der Waals surface area contributed by atoms with Gasteiger partial charge in [-0.15, -0.1) is 0 Å². The minimum atomic E-state index is -4.63. The molecule has 1 fully saturated rings. The number of benzene rings is 2. The summed E-state index contributed by atoms with van der Waals surface area (Å²) < 4.78 is 61.8. The maximum Gasteiger partial charge on any atom is 0.416 e. The Balaban J connectivity index is 1.44. The molecule has 2 aromatic heterocycles. The molecule has 0 spiro atoms. The maximum atomic E-state index is 15.0. The second-order valence-corrected chi connectivity index (χ2v) is 10.3. The van der Waals surface area contributed by atoms with E-state index in [-0.39, 0.29) is 23.4 Å². The zero-order valence-corrected chi connectivity index (χ0v) is 23.7. The van der Waals surface area contributed by atoms with Crippen LogP contribution in [0.15, 0.2) is 73.1 Å². The molecule has 4 aromatic rings. The summed E-state index contributed by atoms with van der Waals surface area (Å²) in [5.74, 6) is -0.831. The highest BCUT2D eigenvalue weighted by Gasteiger charge is 2.33. The summed E-state index contributed by atoms with van der Waals surface area (Å²) in [6.07, 6.45) is -0.667. The summed E-state index contributed by atoms with van der Waals surface area (Å²) in [7, 11) is 5.47. The molecule has 1 saturated heterocycles. The number of nitrogens with zero attached hydrogens (tertiary/aromatic N) is 4. The number of amides is 1. The molecular formula is C31H30F4N6O2. The van der Waals surface area contributed by atoms with Crippen molar-refractivity contribution in [3.63, 3.8) is 0 Å². The zero-order valence-electron chi connectivity index (χ0n) is 23.7. The molecule has 0 aliphatic carbocycles. The molecule has 0 bridgehead atoms. The van der Waals surface area contributed by atoms with Crippen molar-refractivity contribution < 1.29 is 27.1 Å². The van der Waals surface area contributed by atoms with E-state index in [1.165, 1.54) is 24.4 Å². The molecule has 43 heavy (non-hydrogen) atoms. The number of rotatable bonds is 8. The average molecular weight is 595 g/mol. The van der Waals surface area contributed by atoms with Crippen LogP contribution in [-0.4, -0.2) is 61.0 Å². The monoisotopic (exact) mass is 594 g/mol. The zero-order chi connectivity index (χ0) is 30.7. The van der Waals surface area contributed by atoms with E-state index < -0.39 is 29.0 Å². The minimum Gasteiger partial charge on any atom is -0.438 e. The molecular weight excluding hydrogens is 564 g/mol. The number of carbonyl (C=O) groups is 1. The maximum absolute atomic E-state index is 15.0. The van der Waals surface area contributed by atoms with Crippen LogP contribution in [-0.2, 0) is 6.18 Å². The van der Waals surface area contributed by atoms with E-state index in [1.807, 2.05) is 11.9 Å². The molecule has 5 rings (SSSR count). The highest BCUT2D eigenvalue weighted by Crippen LogP contribution is 2.37. The normalized spacial score (nSPS) is 15.3. The van der Waals surface area contributed by atoms with Crippen LogP contribution in [0, 0.1) is 5.82 Å². The first kappa shape index (κ1) is 29.8. The SMILES string of the molecule is CNc1cc(-c2cccnc2Oc2ccc(F)c(C(=O)Nc3cc(C(F)(F)F)ccc3N(C)C3CCN(C)C3)c2)ccn1. The number of pyridine rings is 2. The third-order valence-electron chi connectivity index (χ3n) is 7.36. The summed E-state index contributed by atoms with van der Waals surface area (Å²) >= 11 is 0. The Labute approximate surface area is 246 Å². The van der Waals surface area contributed by atoms with Gasteiger partial charge in [0, 0.05) is 44.6 Å². The first-order chi connectivity index (χ1) is 20.5. The van der Waals surface area contributed by atoms with Crippen molar-refractivity contribution in [2.45, 2.75) is 18.6 Å². The summed E-state index contributed by atoms with van der Waals surface area (Å²) in [4.78, 5) is 25.8. The van der Waals surface area contributed by atoms with Gasteiger partial charge in [-0.05, 0) is 86.2 Å². The molecule has 2 aromatic carbocycles. The molecule has 1 aliphatic rings. The van der Waals surface area contributed by atoms with Crippen LogP contribution in [0.1, 0.15) is 22.3 Å². The van der Waals surface area contributed by atoms with Crippen molar-refractivity contribution in [3.8, 4) is 22.8 Å². The summed E-state index contributed by atoms with van der Waals surface area (Å²) in [6, 6.07) is 13.9. The molecule has 1 amide bonds. The van der Waals surface area contributed by atoms with Crippen LogP contribution in [0.25, 0.3) is 11.1 Å². The van der Waals surface area contributed by atoms with Crippen molar-refractivity contribution in [2.24, 2.45) is 0 Å². The highest BCUT2D eigenvalue weighted by molar-refractivity contribution is 6.06. The van der Waals surface area contributed by atoms with Gasteiger partial charge in [0.05, 0.1) is 22.5 Å².